The lowest BCUT2D eigenvalue weighted by Crippen LogP contribution is -2.21. The van der Waals surface area contributed by atoms with Crippen molar-refractivity contribution in [3.8, 4) is 16.2 Å². The van der Waals surface area contributed by atoms with Crippen molar-refractivity contribution in [3.63, 3.8) is 0 Å². The first-order valence-electron chi connectivity index (χ1n) is 9.40. The molecular formula is C21H20N2O4S. The number of hydrogen-bond donors (Lipinski definition) is 3. The van der Waals surface area contributed by atoms with Gasteiger partial charge in [-0.15, -0.1) is 11.3 Å². The van der Waals surface area contributed by atoms with Gasteiger partial charge in [0.15, 0.2) is 5.75 Å². The fourth-order valence-corrected chi connectivity index (χ4v) is 5.31. The lowest BCUT2D eigenvalue weighted by atomic mass is 9.96. The number of pyridine rings is 1. The number of fused-ring (bicyclic) bond motifs is 2. The molecule has 0 bridgehead atoms. The van der Waals surface area contributed by atoms with Crippen molar-refractivity contribution in [2.24, 2.45) is 0 Å². The monoisotopic (exact) mass is 396 g/mol. The van der Waals surface area contributed by atoms with Gasteiger partial charge in [0, 0.05) is 28.1 Å². The van der Waals surface area contributed by atoms with E-state index in [0.29, 0.717) is 22.6 Å². The minimum absolute atomic E-state index is 0.248. The van der Waals surface area contributed by atoms with E-state index in [9.17, 15) is 14.7 Å². The Morgan fingerprint density at radius 2 is 2.14 bits per heavy atom. The van der Waals surface area contributed by atoms with Crippen LogP contribution in [0.2, 0.25) is 0 Å². The number of rotatable bonds is 4. The Labute approximate surface area is 165 Å². The second-order valence-electron chi connectivity index (χ2n) is 7.39. The van der Waals surface area contributed by atoms with Gasteiger partial charge in [0.05, 0.1) is 18.0 Å². The number of methoxy groups -OCH3 is 1. The number of nitrogens with one attached hydrogen (secondary N) is 2. The first kappa shape index (κ1) is 17.5. The van der Waals surface area contributed by atoms with Gasteiger partial charge in [0.25, 0.3) is 0 Å². The SMILES string of the molecule is COc1c(-c2cc3c(s2)CNCC3)c(C2CC2)cc2c(=O)c(C(=O)O)c[nH]c12. The molecule has 1 aliphatic carbocycles. The number of aromatic nitrogens is 1. The molecule has 0 amide bonds. The predicted molar refractivity (Wildman–Crippen MR) is 109 cm³/mol. The van der Waals surface area contributed by atoms with Crippen molar-refractivity contribution in [2.75, 3.05) is 13.7 Å². The highest BCUT2D eigenvalue weighted by Gasteiger charge is 2.31. The number of aromatic amines is 1. The molecule has 7 heteroatoms. The average molecular weight is 396 g/mol. The van der Waals surface area contributed by atoms with E-state index in [2.05, 4.69) is 16.4 Å². The molecule has 0 atom stereocenters. The standard InChI is InChI=1S/C21H20N2O4S/c1-27-20-17(15-6-11-4-5-22-9-16(11)28-15)12(10-2-3-10)7-13-18(20)23-8-14(19(13)24)21(25)26/h6-8,10,22H,2-5,9H2,1H3,(H,23,24)(H,25,26). The van der Waals surface area contributed by atoms with E-state index in [0.717, 1.165) is 48.4 Å². The predicted octanol–water partition coefficient (Wildman–Crippen LogP) is 3.49. The number of H-pyrrole nitrogens is 1. The molecule has 0 radical (unpaired) electrons. The zero-order valence-corrected chi connectivity index (χ0v) is 16.2. The Hall–Kier alpha value is -2.64. The van der Waals surface area contributed by atoms with Crippen molar-refractivity contribution in [1.29, 1.82) is 0 Å². The van der Waals surface area contributed by atoms with Gasteiger partial charge in [-0.2, -0.15) is 0 Å². The third-order valence-corrected chi connectivity index (χ3v) is 6.81. The molecular weight excluding hydrogens is 376 g/mol. The highest BCUT2D eigenvalue weighted by Crippen LogP contribution is 2.51. The fourth-order valence-electron chi connectivity index (χ4n) is 4.06. The number of benzene rings is 1. The highest BCUT2D eigenvalue weighted by molar-refractivity contribution is 7.15. The lowest BCUT2D eigenvalue weighted by Gasteiger charge is -2.16. The summed E-state index contributed by atoms with van der Waals surface area (Å²) in [5.41, 5.74) is 3.34. The van der Waals surface area contributed by atoms with Crippen LogP contribution in [0.15, 0.2) is 23.1 Å². The molecule has 2 aliphatic rings. The molecule has 5 rings (SSSR count). The summed E-state index contributed by atoms with van der Waals surface area (Å²) in [5, 5.41) is 13.1. The minimum atomic E-state index is -1.22. The quantitative estimate of drug-likeness (QED) is 0.628. The molecule has 1 aromatic carbocycles. The van der Waals surface area contributed by atoms with E-state index >= 15 is 0 Å². The smallest absolute Gasteiger partial charge is 0.341 e. The largest absolute Gasteiger partial charge is 0.494 e. The van der Waals surface area contributed by atoms with E-state index in [-0.39, 0.29) is 5.56 Å². The van der Waals surface area contributed by atoms with Gasteiger partial charge in [-0.1, -0.05) is 0 Å². The van der Waals surface area contributed by atoms with E-state index in [4.69, 9.17) is 4.74 Å². The molecule has 3 heterocycles. The van der Waals surface area contributed by atoms with E-state index < -0.39 is 11.4 Å². The number of aromatic carboxylic acids is 1. The Balaban J connectivity index is 1.82. The van der Waals surface area contributed by atoms with Crippen molar-refractivity contribution in [1.82, 2.24) is 10.3 Å². The van der Waals surface area contributed by atoms with Gasteiger partial charge >= 0.3 is 5.97 Å². The van der Waals surface area contributed by atoms with Crippen LogP contribution in [0, 0.1) is 0 Å². The van der Waals surface area contributed by atoms with Crippen molar-refractivity contribution < 1.29 is 14.6 Å². The number of hydrogen-bond acceptors (Lipinski definition) is 5. The fraction of sp³-hybridized carbons (Fsp3) is 0.333. The Bertz CT molecular complexity index is 1150. The maximum absolute atomic E-state index is 12.8. The molecule has 6 nitrogen and oxygen atoms in total. The second kappa shape index (κ2) is 6.46. The van der Waals surface area contributed by atoms with Gasteiger partial charge < -0.3 is 20.1 Å². The van der Waals surface area contributed by atoms with Crippen molar-refractivity contribution in [2.45, 2.75) is 31.7 Å². The summed E-state index contributed by atoms with van der Waals surface area (Å²) < 4.78 is 5.79. The van der Waals surface area contributed by atoms with Gasteiger partial charge in [-0.3, -0.25) is 4.79 Å². The average Bonchev–Trinajstić information content (AvgIpc) is 3.45. The molecule has 0 unspecified atom stereocenters. The Morgan fingerprint density at radius 1 is 1.32 bits per heavy atom. The number of thiophene rings is 1. The molecule has 1 saturated carbocycles. The van der Waals surface area contributed by atoms with Crippen LogP contribution in [0.1, 0.15) is 45.1 Å². The summed E-state index contributed by atoms with van der Waals surface area (Å²) in [6.45, 7) is 1.87. The van der Waals surface area contributed by atoms with Crippen LogP contribution >= 0.6 is 11.3 Å². The maximum Gasteiger partial charge on any atom is 0.341 e. The first-order chi connectivity index (χ1) is 13.6. The van der Waals surface area contributed by atoms with Crippen LogP contribution in [-0.2, 0) is 13.0 Å². The molecule has 0 spiro atoms. The number of carbonyl (C=O) groups is 1. The van der Waals surface area contributed by atoms with E-state index in [1.54, 1.807) is 18.4 Å². The number of carboxylic acids is 1. The van der Waals surface area contributed by atoms with Gasteiger partial charge in [0.2, 0.25) is 5.43 Å². The molecule has 1 fully saturated rings. The third kappa shape index (κ3) is 2.65. The van der Waals surface area contributed by atoms with E-state index in [1.807, 2.05) is 6.07 Å². The van der Waals surface area contributed by atoms with Crippen LogP contribution in [0.4, 0.5) is 0 Å². The molecule has 2 aromatic heterocycles. The van der Waals surface area contributed by atoms with Crippen molar-refractivity contribution >= 4 is 28.2 Å². The molecule has 28 heavy (non-hydrogen) atoms. The summed E-state index contributed by atoms with van der Waals surface area (Å²) in [5.74, 6) is -0.212. The van der Waals surface area contributed by atoms with Crippen molar-refractivity contribution in [3.05, 3.63) is 50.1 Å². The van der Waals surface area contributed by atoms with Crippen LogP contribution in [0.3, 0.4) is 0 Å². The summed E-state index contributed by atoms with van der Waals surface area (Å²) in [6.07, 6.45) is 4.43. The summed E-state index contributed by atoms with van der Waals surface area (Å²) in [6, 6.07) is 4.13. The van der Waals surface area contributed by atoms with Crippen LogP contribution in [-0.4, -0.2) is 29.7 Å². The van der Waals surface area contributed by atoms with Crippen LogP contribution < -0.4 is 15.5 Å². The molecule has 0 saturated heterocycles. The summed E-state index contributed by atoms with van der Waals surface area (Å²) in [7, 11) is 1.60. The van der Waals surface area contributed by atoms with Crippen LogP contribution in [0.5, 0.6) is 5.75 Å². The van der Waals surface area contributed by atoms with Gasteiger partial charge in [-0.05, 0) is 55.0 Å². The highest BCUT2D eigenvalue weighted by atomic mass is 32.1. The first-order valence-corrected chi connectivity index (χ1v) is 10.2. The summed E-state index contributed by atoms with van der Waals surface area (Å²) >= 11 is 1.77. The number of carboxylic acid groups (broad SMARTS) is 1. The topological polar surface area (TPSA) is 91.4 Å². The molecule has 144 valence electrons. The van der Waals surface area contributed by atoms with Gasteiger partial charge in [-0.25, -0.2) is 4.79 Å². The zero-order chi connectivity index (χ0) is 19.4. The zero-order valence-electron chi connectivity index (χ0n) is 15.4. The lowest BCUT2D eigenvalue weighted by molar-refractivity contribution is 0.0695. The summed E-state index contributed by atoms with van der Waals surface area (Å²) in [4.78, 5) is 29.7. The van der Waals surface area contributed by atoms with Crippen LogP contribution in [0.25, 0.3) is 21.3 Å². The third-order valence-electron chi connectivity index (χ3n) is 5.61. The molecule has 3 aromatic rings. The molecule has 1 aliphatic heterocycles. The second-order valence-corrected chi connectivity index (χ2v) is 8.53. The van der Waals surface area contributed by atoms with Gasteiger partial charge in [0.1, 0.15) is 5.56 Å². The Kier molecular flexibility index (Phi) is 4.03. The normalized spacial score (nSPS) is 16.2. The minimum Gasteiger partial charge on any atom is -0.494 e. The Morgan fingerprint density at radius 3 is 2.82 bits per heavy atom. The van der Waals surface area contributed by atoms with E-state index in [1.165, 1.54) is 16.6 Å². The molecule has 3 N–H and O–H groups in total. The number of ether oxygens (including phenoxy) is 1. The maximum atomic E-state index is 12.8.